The van der Waals surface area contributed by atoms with E-state index >= 15 is 0 Å². The Morgan fingerprint density at radius 1 is 1.19 bits per heavy atom. The number of rotatable bonds is 4. The Hall–Kier alpha value is -0.620. The molecule has 0 amide bonds. The minimum absolute atomic E-state index is 0.332. The summed E-state index contributed by atoms with van der Waals surface area (Å²) in [7, 11) is -3.41. The molecule has 1 aromatic carbocycles. The van der Waals surface area contributed by atoms with Crippen LogP contribution in [0.3, 0.4) is 0 Å². The van der Waals surface area contributed by atoms with Gasteiger partial charge in [-0.3, -0.25) is 4.90 Å². The third-order valence-corrected chi connectivity index (χ3v) is 6.71. The van der Waals surface area contributed by atoms with Crippen LogP contribution in [0, 0.1) is 6.92 Å². The van der Waals surface area contributed by atoms with Crippen LogP contribution in [0.15, 0.2) is 23.1 Å². The summed E-state index contributed by atoms with van der Waals surface area (Å²) in [6.07, 6.45) is 2.53. The summed E-state index contributed by atoms with van der Waals surface area (Å²) in [4.78, 5) is 2.81. The molecule has 3 rings (SSSR count). The number of alkyl halides is 1. The summed E-state index contributed by atoms with van der Waals surface area (Å²) in [5.74, 6) is 0.332. The maximum atomic E-state index is 12.8. The van der Waals surface area contributed by atoms with E-state index in [1.54, 1.807) is 10.4 Å². The van der Waals surface area contributed by atoms with Crippen molar-refractivity contribution in [3.05, 3.63) is 29.3 Å². The van der Waals surface area contributed by atoms with E-state index in [1.807, 2.05) is 19.1 Å². The highest BCUT2D eigenvalue weighted by molar-refractivity contribution is 7.89. The van der Waals surface area contributed by atoms with Gasteiger partial charge in [-0.1, -0.05) is 12.1 Å². The fourth-order valence-electron chi connectivity index (χ4n) is 2.89. The lowest BCUT2D eigenvalue weighted by atomic mass is 10.2. The quantitative estimate of drug-likeness (QED) is 0.796. The summed E-state index contributed by atoms with van der Waals surface area (Å²) in [5.41, 5.74) is 1.63. The van der Waals surface area contributed by atoms with Crippen LogP contribution in [0.2, 0.25) is 0 Å². The Kier molecular flexibility index (Phi) is 4.28. The third kappa shape index (κ3) is 3.11. The first-order valence-electron chi connectivity index (χ1n) is 7.42. The van der Waals surface area contributed by atoms with E-state index in [4.69, 9.17) is 11.6 Å². The summed E-state index contributed by atoms with van der Waals surface area (Å²) in [6.45, 7) is 4.70. The molecule has 2 aliphatic rings. The standard InChI is InChI=1S/C15H21ClN2O2S/c1-12-2-3-13(11-16)10-15(12)21(19,20)18-8-6-17(7-9-18)14-4-5-14/h2-3,10,14H,4-9,11H2,1H3. The van der Waals surface area contributed by atoms with Crippen molar-refractivity contribution in [2.24, 2.45) is 0 Å². The van der Waals surface area contributed by atoms with Gasteiger partial charge in [0.05, 0.1) is 4.90 Å². The van der Waals surface area contributed by atoms with E-state index < -0.39 is 10.0 Å². The number of aryl methyl sites for hydroxylation is 1. The largest absolute Gasteiger partial charge is 0.298 e. The Labute approximate surface area is 131 Å². The van der Waals surface area contributed by atoms with Gasteiger partial charge in [-0.25, -0.2) is 8.42 Å². The van der Waals surface area contributed by atoms with Gasteiger partial charge >= 0.3 is 0 Å². The first-order valence-corrected chi connectivity index (χ1v) is 9.39. The highest BCUT2D eigenvalue weighted by atomic mass is 35.5. The molecule has 0 atom stereocenters. The van der Waals surface area contributed by atoms with Gasteiger partial charge in [0.15, 0.2) is 0 Å². The molecular formula is C15H21ClN2O2S. The lowest BCUT2D eigenvalue weighted by Crippen LogP contribution is -2.49. The van der Waals surface area contributed by atoms with Crippen LogP contribution < -0.4 is 0 Å². The summed E-state index contributed by atoms with van der Waals surface area (Å²) in [6, 6.07) is 6.14. The molecule has 2 fully saturated rings. The molecule has 6 heteroatoms. The average Bonchev–Trinajstić information content (AvgIpc) is 3.32. The van der Waals surface area contributed by atoms with E-state index in [0.717, 1.165) is 24.2 Å². The van der Waals surface area contributed by atoms with Crippen molar-refractivity contribution in [3.63, 3.8) is 0 Å². The zero-order valence-electron chi connectivity index (χ0n) is 12.3. The predicted molar refractivity (Wildman–Crippen MR) is 84.1 cm³/mol. The molecule has 1 aromatic rings. The Bertz CT molecular complexity index is 621. The zero-order valence-corrected chi connectivity index (χ0v) is 13.8. The van der Waals surface area contributed by atoms with Gasteiger partial charge in [-0.05, 0) is 37.0 Å². The van der Waals surface area contributed by atoms with Crippen molar-refractivity contribution in [2.75, 3.05) is 26.2 Å². The lowest BCUT2D eigenvalue weighted by Gasteiger charge is -2.34. The van der Waals surface area contributed by atoms with Gasteiger partial charge < -0.3 is 0 Å². The number of sulfonamides is 1. The van der Waals surface area contributed by atoms with Gasteiger partial charge in [0.25, 0.3) is 0 Å². The summed E-state index contributed by atoms with van der Waals surface area (Å²) < 4.78 is 27.3. The molecule has 0 N–H and O–H groups in total. The predicted octanol–water partition coefficient (Wildman–Crippen LogP) is 2.20. The normalized spacial score (nSPS) is 21.6. The van der Waals surface area contributed by atoms with Crippen LogP contribution in [0.1, 0.15) is 24.0 Å². The molecule has 0 spiro atoms. The highest BCUT2D eigenvalue weighted by Crippen LogP contribution is 2.29. The molecule has 0 radical (unpaired) electrons. The molecule has 4 nitrogen and oxygen atoms in total. The molecule has 0 unspecified atom stereocenters. The number of hydrogen-bond acceptors (Lipinski definition) is 3. The number of nitrogens with zero attached hydrogens (tertiary/aromatic N) is 2. The van der Waals surface area contributed by atoms with Crippen molar-refractivity contribution in [1.29, 1.82) is 0 Å². The van der Waals surface area contributed by atoms with Crippen LogP contribution in [-0.4, -0.2) is 49.8 Å². The van der Waals surface area contributed by atoms with Gasteiger partial charge in [0.1, 0.15) is 0 Å². The van der Waals surface area contributed by atoms with Gasteiger partial charge in [0, 0.05) is 38.1 Å². The van der Waals surface area contributed by atoms with Crippen LogP contribution in [-0.2, 0) is 15.9 Å². The second-order valence-corrected chi connectivity index (χ2v) is 8.08. The second-order valence-electron chi connectivity index (χ2n) is 5.90. The second kappa shape index (κ2) is 5.88. The fraction of sp³-hybridized carbons (Fsp3) is 0.600. The third-order valence-electron chi connectivity index (χ3n) is 4.36. The molecule has 21 heavy (non-hydrogen) atoms. The molecule has 1 saturated heterocycles. The van der Waals surface area contributed by atoms with E-state index in [2.05, 4.69) is 4.90 Å². The smallest absolute Gasteiger partial charge is 0.243 e. The molecule has 1 aliphatic carbocycles. The molecule has 116 valence electrons. The van der Waals surface area contributed by atoms with Gasteiger partial charge in [-0.2, -0.15) is 4.31 Å². The Morgan fingerprint density at radius 3 is 2.43 bits per heavy atom. The highest BCUT2D eigenvalue weighted by Gasteiger charge is 2.35. The number of halogens is 1. The number of piperazine rings is 1. The summed E-state index contributed by atoms with van der Waals surface area (Å²) in [5, 5.41) is 0. The molecular weight excluding hydrogens is 308 g/mol. The Balaban J connectivity index is 1.80. The molecule has 1 aliphatic heterocycles. The average molecular weight is 329 g/mol. The van der Waals surface area contributed by atoms with Crippen LogP contribution in [0.5, 0.6) is 0 Å². The fourth-order valence-corrected chi connectivity index (χ4v) is 4.76. The number of hydrogen-bond donors (Lipinski definition) is 0. The van der Waals surface area contributed by atoms with Crippen molar-refractivity contribution >= 4 is 21.6 Å². The van der Waals surface area contributed by atoms with Crippen molar-refractivity contribution in [2.45, 2.75) is 36.6 Å². The Morgan fingerprint density at radius 2 is 1.86 bits per heavy atom. The van der Waals surface area contributed by atoms with Crippen molar-refractivity contribution < 1.29 is 8.42 Å². The minimum Gasteiger partial charge on any atom is -0.298 e. The first kappa shape index (κ1) is 15.3. The van der Waals surface area contributed by atoms with Gasteiger partial charge in [0.2, 0.25) is 10.0 Å². The van der Waals surface area contributed by atoms with E-state index in [0.29, 0.717) is 29.9 Å². The van der Waals surface area contributed by atoms with E-state index in [9.17, 15) is 8.42 Å². The van der Waals surface area contributed by atoms with Crippen LogP contribution >= 0.6 is 11.6 Å². The molecule has 0 bridgehead atoms. The molecule has 1 saturated carbocycles. The zero-order chi connectivity index (χ0) is 15.0. The number of benzene rings is 1. The maximum Gasteiger partial charge on any atom is 0.243 e. The monoisotopic (exact) mass is 328 g/mol. The maximum absolute atomic E-state index is 12.8. The van der Waals surface area contributed by atoms with Crippen molar-refractivity contribution in [1.82, 2.24) is 9.21 Å². The van der Waals surface area contributed by atoms with Crippen molar-refractivity contribution in [3.8, 4) is 0 Å². The topological polar surface area (TPSA) is 40.6 Å². The van der Waals surface area contributed by atoms with Crippen LogP contribution in [0.25, 0.3) is 0 Å². The molecule has 0 aromatic heterocycles. The van der Waals surface area contributed by atoms with E-state index in [1.165, 1.54) is 12.8 Å². The van der Waals surface area contributed by atoms with Gasteiger partial charge in [-0.15, -0.1) is 11.6 Å². The summed E-state index contributed by atoms with van der Waals surface area (Å²) >= 11 is 5.83. The SMILES string of the molecule is Cc1ccc(CCl)cc1S(=O)(=O)N1CCN(C2CC2)CC1. The minimum atomic E-state index is -3.41. The van der Waals surface area contributed by atoms with Crippen LogP contribution in [0.4, 0.5) is 0 Å². The lowest BCUT2D eigenvalue weighted by molar-refractivity contribution is 0.180. The van der Waals surface area contributed by atoms with E-state index in [-0.39, 0.29) is 0 Å². The molecule has 1 heterocycles. The first-order chi connectivity index (χ1) is 10.0.